The lowest BCUT2D eigenvalue weighted by atomic mass is 10.1. The molecule has 0 bridgehead atoms. The molecule has 0 aliphatic rings. The number of benzene rings is 1. The Hall–Kier alpha value is -2.63. The quantitative estimate of drug-likeness (QED) is 0.717. The number of nitrogens with one attached hydrogen (secondary N) is 1. The van der Waals surface area contributed by atoms with Crippen molar-refractivity contribution in [3.63, 3.8) is 0 Å². The lowest BCUT2D eigenvalue weighted by Crippen LogP contribution is -2.07. The number of halogens is 1. The Morgan fingerprint density at radius 3 is 2.85 bits per heavy atom. The highest BCUT2D eigenvalue weighted by atomic mass is 19.1. The van der Waals surface area contributed by atoms with Crippen LogP contribution in [-0.4, -0.2) is 14.5 Å². The maximum Gasteiger partial charge on any atom is 0.137 e. The Kier molecular flexibility index (Phi) is 2.98. The van der Waals surface area contributed by atoms with Crippen LogP contribution in [0.1, 0.15) is 5.82 Å². The molecule has 0 fully saturated rings. The van der Waals surface area contributed by atoms with E-state index in [0.717, 1.165) is 5.82 Å². The van der Waals surface area contributed by atoms with Crippen LogP contribution >= 0.6 is 0 Å². The van der Waals surface area contributed by atoms with E-state index in [9.17, 15) is 4.39 Å². The molecule has 2 heterocycles. The van der Waals surface area contributed by atoms with Crippen LogP contribution in [0.3, 0.4) is 0 Å². The number of anilines is 2. The van der Waals surface area contributed by atoms with Gasteiger partial charge in [0.1, 0.15) is 17.5 Å². The van der Waals surface area contributed by atoms with Gasteiger partial charge in [-0.3, -0.25) is 0 Å². The highest BCUT2D eigenvalue weighted by Crippen LogP contribution is 2.28. The third-order valence-corrected chi connectivity index (χ3v) is 3.24. The maximum atomic E-state index is 14.0. The normalized spacial score (nSPS) is 10.9. The molecule has 20 heavy (non-hydrogen) atoms. The van der Waals surface area contributed by atoms with Crippen LogP contribution in [0.2, 0.25) is 0 Å². The fourth-order valence-electron chi connectivity index (χ4n) is 2.14. The molecule has 5 nitrogen and oxygen atoms in total. The van der Waals surface area contributed by atoms with Gasteiger partial charge in [-0.15, -0.1) is 0 Å². The van der Waals surface area contributed by atoms with Crippen LogP contribution in [-0.2, 0) is 13.6 Å². The number of pyridine rings is 1. The Balaban J connectivity index is 2.00. The van der Waals surface area contributed by atoms with E-state index >= 15 is 0 Å². The van der Waals surface area contributed by atoms with Crippen molar-refractivity contribution in [2.75, 3.05) is 11.1 Å². The average molecular weight is 271 g/mol. The second-order valence-corrected chi connectivity index (χ2v) is 4.53. The summed E-state index contributed by atoms with van der Waals surface area (Å²) < 4.78 is 15.9. The topological polar surface area (TPSA) is 68.8 Å². The summed E-state index contributed by atoms with van der Waals surface area (Å²) >= 11 is 0. The zero-order valence-corrected chi connectivity index (χ0v) is 11.0. The molecule has 0 saturated carbocycles. The highest BCUT2D eigenvalue weighted by molar-refractivity contribution is 5.99. The molecule has 0 unspecified atom stereocenters. The van der Waals surface area contributed by atoms with E-state index in [4.69, 9.17) is 5.73 Å². The molecule has 0 radical (unpaired) electrons. The zero-order valence-electron chi connectivity index (χ0n) is 11.0. The van der Waals surface area contributed by atoms with Gasteiger partial charge in [-0.05, 0) is 18.2 Å². The number of imidazole rings is 1. The summed E-state index contributed by atoms with van der Waals surface area (Å²) in [6.07, 6.45) is 5.18. The van der Waals surface area contributed by atoms with Crippen molar-refractivity contribution in [2.24, 2.45) is 7.05 Å². The first-order chi connectivity index (χ1) is 9.66. The average Bonchev–Trinajstić information content (AvgIpc) is 2.86. The van der Waals surface area contributed by atoms with E-state index < -0.39 is 0 Å². The Morgan fingerprint density at radius 2 is 2.10 bits per heavy atom. The second kappa shape index (κ2) is 4.80. The highest BCUT2D eigenvalue weighted by Gasteiger charge is 2.10. The molecule has 0 spiro atoms. The molecular weight excluding hydrogens is 257 g/mol. The number of rotatable bonds is 3. The molecule has 0 saturated heterocycles. The van der Waals surface area contributed by atoms with Gasteiger partial charge in [0, 0.05) is 36.7 Å². The van der Waals surface area contributed by atoms with Gasteiger partial charge in [-0.2, -0.15) is 0 Å². The molecule has 3 N–H and O–H groups in total. The molecule has 3 aromatic rings. The lowest BCUT2D eigenvalue weighted by molar-refractivity contribution is 0.640. The van der Waals surface area contributed by atoms with Gasteiger partial charge < -0.3 is 15.6 Å². The first-order valence-electron chi connectivity index (χ1n) is 6.19. The predicted octanol–water partition coefficient (Wildman–Crippen LogP) is 2.30. The molecular formula is C14H14FN5. The smallest absolute Gasteiger partial charge is 0.137 e. The van der Waals surface area contributed by atoms with Crippen LogP contribution < -0.4 is 11.1 Å². The monoisotopic (exact) mass is 271 g/mol. The standard InChI is InChI=1S/C14H14FN5/c1-20-7-6-17-12(20)8-19-14-13-9(4-5-18-14)11(16)3-2-10(13)15/h2-7H,8,16H2,1H3,(H,18,19). The summed E-state index contributed by atoms with van der Waals surface area (Å²) in [7, 11) is 1.90. The van der Waals surface area contributed by atoms with Crippen molar-refractivity contribution in [1.82, 2.24) is 14.5 Å². The number of fused-ring (bicyclic) bond motifs is 1. The second-order valence-electron chi connectivity index (χ2n) is 4.53. The molecule has 0 atom stereocenters. The number of aryl methyl sites for hydroxylation is 1. The van der Waals surface area contributed by atoms with Crippen molar-refractivity contribution < 1.29 is 4.39 Å². The lowest BCUT2D eigenvalue weighted by Gasteiger charge is -2.10. The van der Waals surface area contributed by atoms with Crippen LogP contribution in [0.15, 0.2) is 36.8 Å². The number of nitrogens with two attached hydrogens (primary N) is 1. The molecule has 0 aliphatic carbocycles. The third kappa shape index (κ3) is 2.05. The van der Waals surface area contributed by atoms with Gasteiger partial charge in [0.15, 0.2) is 0 Å². The molecule has 102 valence electrons. The number of nitrogen functional groups attached to an aromatic ring is 1. The van der Waals surface area contributed by atoms with E-state index in [-0.39, 0.29) is 5.82 Å². The van der Waals surface area contributed by atoms with Gasteiger partial charge >= 0.3 is 0 Å². The summed E-state index contributed by atoms with van der Waals surface area (Å²) in [4.78, 5) is 8.40. The summed E-state index contributed by atoms with van der Waals surface area (Å²) in [6, 6.07) is 4.62. The van der Waals surface area contributed by atoms with Crippen LogP contribution in [0, 0.1) is 5.82 Å². The molecule has 6 heteroatoms. The van der Waals surface area contributed by atoms with Crippen LogP contribution in [0.4, 0.5) is 15.9 Å². The Labute approximate surface area is 115 Å². The Bertz CT molecular complexity index is 765. The van der Waals surface area contributed by atoms with Crippen LogP contribution in [0.5, 0.6) is 0 Å². The van der Waals surface area contributed by atoms with E-state index in [1.807, 2.05) is 17.8 Å². The van der Waals surface area contributed by atoms with Crippen molar-refractivity contribution in [3.05, 3.63) is 48.4 Å². The molecule has 2 aromatic heterocycles. The van der Waals surface area contributed by atoms with E-state index in [1.54, 1.807) is 24.5 Å². The number of aromatic nitrogens is 3. The predicted molar refractivity (Wildman–Crippen MR) is 76.6 cm³/mol. The van der Waals surface area contributed by atoms with E-state index in [0.29, 0.717) is 28.8 Å². The van der Waals surface area contributed by atoms with E-state index in [2.05, 4.69) is 15.3 Å². The molecule has 3 rings (SSSR count). The minimum atomic E-state index is -0.343. The minimum Gasteiger partial charge on any atom is -0.398 e. The maximum absolute atomic E-state index is 14.0. The van der Waals surface area contributed by atoms with Gasteiger partial charge in [-0.1, -0.05) is 0 Å². The van der Waals surface area contributed by atoms with Crippen molar-refractivity contribution in [3.8, 4) is 0 Å². The molecule has 1 aromatic carbocycles. The number of hydrogen-bond acceptors (Lipinski definition) is 4. The van der Waals surface area contributed by atoms with Gasteiger partial charge in [0.05, 0.1) is 11.9 Å². The van der Waals surface area contributed by atoms with Crippen molar-refractivity contribution >= 4 is 22.3 Å². The molecule has 0 amide bonds. The van der Waals surface area contributed by atoms with Gasteiger partial charge in [0.2, 0.25) is 0 Å². The fourth-order valence-corrected chi connectivity index (χ4v) is 2.14. The third-order valence-electron chi connectivity index (χ3n) is 3.24. The van der Waals surface area contributed by atoms with E-state index in [1.165, 1.54) is 6.07 Å². The molecule has 0 aliphatic heterocycles. The summed E-state index contributed by atoms with van der Waals surface area (Å²) in [5, 5.41) is 4.17. The number of hydrogen-bond donors (Lipinski definition) is 2. The van der Waals surface area contributed by atoms with Gasteiger partial charge in [0.25, 0.3) is 0 Å². The SMILES string of the molecule is Cn1ccnc1CNc1nccc2c(N)ccc(F)c12. The van der Waals surface area contributed by atoms with Crippen LogP contribution in [0.25, 0.3) is 10.8 Å². The first-order valence-corrected chi connectivity index (χ1v) is 6.19. The zero-order chi connectivity index (χ0) is 14.1. The summed E-state index contributed by atoms with van der Waals surface area (Å²) in [5.41, 5.74) is 6.40. The first kappa shape index (κ1) is 12.4. The largest absolute Gasteiger partial charge is 0.398 e. The Morgan fingerprint density at radius 1 is 1.25 bits per heavy atom. The minimum absolute atomic E-state index is 0.343. The fraction of sp³-hybridized carbons (Fsp3) is 0.143. The van der Waals surface area contributed by atoms with Crippen molar-refractivity contribution in [1.29, 1.82) is 0 Å². The van der Waals surface area contributed by atoms with Gasteiger partial charge in [-0.25, -0.2) is 14.4 Å². The number of nitrogens with zero attached hydrogens (tertiary/aromatic N) is 3. The summed E-state index contributed by atoms with van der Waals surface area (Å²) in [6.45, 7) is 0.462. The summed E-state index contributed by atoms with van der Waals surface area (Å²) in [5.74, 6) is 0.966. The van der Waals surface area contributed by atoms with Crippen molar-refractivity contribution in [2.45, 2.75) is 6.54 Å².